The van der Waals surface area contributed by atoms with E-state index in [9.17, 15) is 10.2 Å². The number of rotatable bonds is 8. The van der Waals surface area contributed by atoms with Crippen LogP contribution < -0.4 is 4.74 Å². The number of nitrogens with zero attached hydrogens (tertiary/aromatic N) is 3. The van der Waals surface area contributed by atoms with Crippen LogP contribution in [0.15, 0.2) is 72.8 Å². The van der Waals surface area contributed by atoms with E-state index in [1.807, 2.05) is 24.3 Å². The lowest BCUT2D eigenvalue weighted by molar-refractivity contribution is 0.281. The zero-order valence-corrected chi connectivity index (χ0v) is 19.6. The fraction of sp³-hybridized carbons (Fsp3) is 0.207. The van der Waals surface area contributed by atoms with Crippen LogP contribution in [-0.4, -0.2) is 31.8 Å². The lowest BCUT2D eigenvalue weighted by atomic mass is 9.97. The molecule has 5 rings (SSSR count). The second-order valence-corrected chi connectivity index (χ2v) is 8.57. The number of hydrogen-bond acceptors (Lipinski definition) is 6. The molecule has 4 aromatic carbocycles. The van der Waals surface area contributed by atoms with Crippen molar-refractivity contribution < 1.29 is 14.9 Å². The molecule has 0 amide bonds. The van der Waals surface area contributed by atoms with E-state index in [4.69, 9.17) is 9.72 Å². The lowest BCUT2D eigenvalue weighted by Crippen LogP contribution is -2.05. The van der Waals surface area contributed by atoms with Crippen LogP contribution >= 0.6 is 0 Å². The first-order valence-corrected chi connectivity index (χ1v) is 12.0. The SMILES string of the molecule is CCCCCCOc1nc(-c2ccc(O)cc2O)nc(-c2cc3ccccc3c3ccccc23)n1. The summed E-state index contributed by atoms with van der Waals surface area (Å²) in [7, 11) is 0. The van der Waals surface area contributed by atoms with Crippen LogP contribution in [0.5, 0.6) is 17.5 Å². The molecule has 0 saturated carbocycles. The molecule has 1 aromatic heterocycles. The Morgan fingerprint density at radius 1 is 0.686 bits per heavy atom. The quantitative estimate of drug-likeness (QED) is 0.192. The molecule has 5 aromatic rings. The minimum atomic E-state index is -0.112. The summed E-state index contributed by atoms with van der Waals surface area (Å²) in [6.07, 6.45) is 4.29. The summed E-state index contributed by atoms with van der Waals surface area (Å²) in [6, 6.07) is 23.1. The molecular weight excluding hydrogens is 438 g/mol. The van der Waals surface area contributed by atoms with Gasteiger partial charge in [0.05, 0.1) is 12.2 Å². The molecule has 0 aliphatic carbocycles. The van der Waals surface area contributed by atoms with Gasteiger partial charge in [-0.05, 0) is 46.2 Å². The van der Waals surface area contributed by atoms with Crippen LogP contribution in [0.2, 0.25) is 0 Å². The van der Waals surface area contributed by atoms with E-state index < -0.39 is 0 Å². The van der Waals surface area contributed by atoms with E-state index in [0.717, 1.165) is 52.8 Å². The van der Waals surface area contributed by atoms with Crippen molar-refractivity contribution in [3.05, 3.63) is 72.8 Å². The first-order chi connectivity index (χ1) is 17.1. The van der Waals surface area contributed by atoms with Gasteiger partial charge < -0.3 is 14.9 Å². The number of phenolic OH excluding ortho intramolecular Hbond substituents is 2. The number of unbranched alkanes of at least 4 members (excludes halogenated alkanes) is 3. The highest BCUT2D eigenvalue weighted by atomic mass is 16.5. The van der Waals surface area contributed by atoms with Gasteiger partial charge in [-0.25, -0.2) is 4.98 Å². The van der Waals surface area contributed by atoms with Gasteiger partial charge in [0.25, 0.3) is 0 Å². The molecule has 0 atom stereocenters. The third kappa shape index (κ3) is 4.73. The third-order valence-corrected chi connectivity index (χ3v) is 6.08. The van der Waals surface area contributed by atoms with Gasteiger partial charge in [0.15, 0.2) is 11.6 Å². The Morgan fingerprint density at radius 2 is 1.40 bits per heavy atom. The van der Waals surface area contributed by atoms with Crippen molar-refractivity contribution >= 4 is 21.5 Å². The Balaban J connectivity index is 1.66. The normalized spacial score (nSPS) is 11.2. The van der Waals surface area contributed by atoms with Crippen molar-refractivity contribution in [2.75, 3.05) is 6.61 Å². The van der Waals surface area contributed by atoms with E-state index in [-0.39, 0.29) is 23.3 Å². The van der Waals surface area contributed by atoms with Crippen LogP contribution in [0.25, 0.3) is 44.3 Å². The Bertz CT molecular complexity index is 1500. The molecule has 0 spiro atoms. The number of phenols is 2. The van der Waals surface area contributed by atoms with E-state index in [0.29, 0.717) is 18.0 Å². The zero-order valence-electron chi connectivity index (χ0n) is 19.6. The Labute approximate surface area is 203 Å². The standard InChI is InChI=1S/C29H27N3O3/c1-2-3-4-9-16-35-29-31-27(24-15-14-20(33)18-26(24)34)30-28(32-29)25-17-19-10-5-6-11-21(19)22-12-7-8-13-23(22)25/h5-8,10-15,17-18,33-34H,2-4,9,16H2,1H3. The molecule has 1 heterocycles. The van der Waals surface area contributed by atoms with Crippen molar-refractivity contribution in [1.82, 2.24) is 15.0 Å². The molecule has 6 nitrogen and oxygen atoms in total. The first kappa shape index (κ1) is 22.6. The Morgan fingerprint density at radius 3 is 2.17 bits per heavy atom. The number of aromatic hydroxyl groups is 2. The molecule has 0 aliphatic rings. The number of fused-ring (bicyclic) bond motifs is 3. The average molecular weight is 466 g/mol. The molecule has 0 unspecified atom stereocenters. The molecule has 0 bridgehead atoms. The summed E-state index contributed by atoms with van der Waals surface area (Å²) in [5.41, 5.74) is 1.25. The monoisotopic (exact) mass is 465 g/mol. The highest BCUT2D eigenvalue weighted by Gasteiger charge is 2.17. The summed E-state index contributed by atoms with van der Waals surface area (Å²) in [4.78, 5) is 13.9. The summed E-state index contributed by atoms with van der Waals surface area (Å²) < 4.78 is 5.95. The van der Waals surface area contributed by atoms with Crippen molar-refractivity contribution in [2.45, 2.75) is 32.6 Å². The van der Waals surface area contributed by atoms with Gasteiger partial charge >= 0.3 is 6.01 Å². The first-order valence-electron chi connectivity index (χ1n) is 12.0. The van der Waals surface area contributed by atoms with Gasteiger partial charge in [-0.2, -0.15) is 9.97 Å². The fourth-order valence-corrected chi connectivity index (χ4v) is 4.30. The minimum Gasteiger partial charge on any atom is -0.508 e. The van der Waals surface area contributed by atoms with E-state index >= 15 is 0 Å². The van der Waals surface area contributed by atoms with Crippen LogP contribution in [0.1, 0.15) is 32.6 Å². The van der Waals surface area contributed by atoms with E-state index in [1.165, 1.54) is 12.1 Å². The molecule has 6 heteroatoms. The van der Waals surface area contributed by atoms with Gasteiger partial charge in [0.1, 0.15) is 11.5 Å². The average Bonchev–Trinajstić information content (AvgIpc) is 2.88. The predicted octanol–water partition coefficient (Wildman–Crippen LogP) is 6.88. The maximum Gasteiger partial charge on any atom is 0.320 e. The number of aromatic nitrogens is 3. The van der Waals surface area contributed by atoms with Crippen LogP contribution in [0, 0.1) is 0 Å². The lowest BCUT2D eigenvalue weighted by Gasteiger charge is -2.13. The van der Waals surface area contributed by atoms with Crippen LogP contribution in [-0.2, 0) is 0 Å². The minimum absolute atomic E-state index is 0.0338. The van der Waals surface area contributed by atoms with E-state index in [2.05, 4.69) is 47.2 Å². The van der Waals surface area contributed by atoms with Crippen molar-refractivity contribution in [2.24, 2.45) is 0 Å². The third-order valence-electron chi connectivity index (χ3n) is 6.08. The summed E-state index contributed by atoms with van der Waals surface area (Å²) in [6.45, 7) is 2.67. The van der Waals surface area contributed by atoms with Crippen LogP contribution in [0.3, 0.4) is 0 Å². The maximum atomic E-state index is 10.5. The Kier molecular flexibility index (Phi) is 6.44. The Hall–Kier alpha value is -4.19. The smallest absolute Gasteiger partial charge is 0.320 e. The van der Waals surface area contributed by atoms with Crippen molar-refractivity contribution in [3.8, 4) is 40.3 Å². The van der Waals surface area contributed by atoms with Crippen LogP contribution in [0.4, 0.5) is 0 Å². The van der Waals surface area contributed by atoms with Gasteiger partial charge in [-0.3, -0.25) is 0 Å². The second kappa shape index (κ2) is 9.97. The molecule has 2 N–H and O–H groups in total. The number of ether oxygens (including phenoxy) is 1. The maximum absolute atomic E-state index is 10.5. The predicted molar refractivity (Wildman–Crippen MR) is 139 cm³/mol. The molecule has 35 heavy (non-hydrogen) atoms. The number of hydrogen-bond donors (Lipinski definition) is 2. The summed E-state index contributed by atoms with van der Waals surface area (Å²) in [5.74, 6) is 0.606. The molecule has 0 aliphatic heterocycles. The van der Waals surface area contributed by atoms with Crippen molar-refractivity contribution in [3.63, 3.8) is 0 Å². The number of benzene rings is 4. The van der Waals surface area contributed by atoms with Gasteiger partial charge in [0, 0.05) is 11.6 Å². The zero-order chi connectivity index (χ0) is 24.2. The second-order valence-electron chi connectivity index (χ2n) is 8.57. The van der Waals surface area contributed by atoms with Gasteiger partial charge in [0.2, 0.25) is 0 Å². The molecule has 0 radical (unpaired) electrons. The summed E-state index contributed by atoms with van der Waals surface area (Å²) >= 11 is 0. The highest BCUT2D eigenvalue weighted by Crippen LogP contribution is 2.36. The molecular formula is C29H27N3O3. The molecule has 176 valence electrons. The largest absolute Gasteiger partial charge is 0.508 e. The topological polar surface area (TPSA) is 88.4 Å². The molecule has 0 fully saturated rings. The molecule has 0 saturated heterocycles. The van der Waals surface area contributed by atoms with Gasteiger partial charge in [-0.1, -0.05) is 74.7 Å². The fourth-order valence-electron chi connectivity index (χ4n) is 4.30. The summed E-state index contributed by atoms with van der Waals surface area (Å²) in [5, 5.41) is 24.6. The van der Waals surface area contributed by atoms with E-state index in [1.54, 1.807) is 6.07 Å². The van der Waals surface area contributed by atoms with Gasteiger partial charge in [-0.15, -0.1) is 0 Å². The highest BCUT2D eigenvalue weighted by molar-refractivity contribution is 6.13. The van der Waals surface area contributed by atoms with Crippen molar-refractivity contribution in [1.29, 1.82) is 0 Å².